The predicted octanol–water partition coefficient (Wildman–Crippen LogP) is -0.782. The molecule has 5 nitrogen and oxygen atoms in total. The van der Waals surface area contributed by atoms with E-state index in [-0.39, 0.29) is 17.8 Å². The van der Waals surface area contributed by atoms with Crippen LogP contribution in [0.4, 0.5) is 0 Å². The molecule has 2 aliphatic heterocycles. The van der Waals surface area contributed by atoms with Crippen LogP contribution in [-0.2, 0) is 14.6 Å². The van der Waals surface area contributed by atoms with Crippen molar-refractivity contribution in [1.29, 1.82) is 0 Å². The summed E-state index contributed by atoms with van der Waals surface area (Å²) in [6.45, 7) is 0. The van der Waals surface area contributed by atoms with Gasteiger partial charge in [0.1, 0.15) is 6.04 Å². The second-order valence-corrected chi connectivity index (χ2v) is 6.56. The van der Waals surface area contributed by atoms with E-state index in [2.05, 4.69) is 20.9 Å². The summed E-state index contributed by atoms with van der Waals surface area (Å²) in [5, 5.41) is 0. The number of amidine groups is 1. The zero-order valence-electron chi connectivity index (χ0n) is 5.97. The van der Waals surface area contributed by atoms with Crippen molar-refractivity contribution in [3.05, 3.63) is 0 Å². The minimum absolute atomic E-state index is 0.0221. The van der Waals surface area contributed by atoms with E-state index < -0.39 is 20.1 Å². The number of alkyl halides is 1. The average Bonchev–Trinajstić information content (AvgIpc) is 2.35. The van der Waals surface area contributed by atoms with Crippen molar-refractivity contribution < 1.29 is 13.2 Å². The average molecular weight is 255 g/mol. The number of halogens is 1. The van der Waals surface area contributed by atoms with Gasteiger partial charge >= 0.3 is 0 Å². The van der Waals surface area contributed by atoms with Gasteiger partial charge in [0.05, 0.1) is 5.75 Å². The standard InChI is InChI=1S/C5H7BrN2O3S/c6-4-3-2(1-12(4,9)10)8-5(7)11-3/h2-4H,1H2,(H2,7,8)/t2-,3+,4-/m1/s1. The molecule has 2 heterocycles. The van der Waals surface area contributed by atoms with Gasteiger partial charge in [-0.15, -0.1) is 0 Å². The molecule has 12 heavy (non-hydrogen) atoms. The lowest BCUT2D eigenvalue weighted by Crippen LogP contribution is -2.27. The quantitative estimate of drug-likeness (QED) is 0.575. The van der Waals surface area contributed by atoms with Gasteiger partial charge in [-0.05, 0) is 0 Å². The monoisotopic (exact) mass is 254 g/mol. The van der Waals surface area contributed by atoms with Gasteiger partial charge in [-0.2, -0.15) is 0 Å². The van der Waals surface area contributed by atoms with Crippen LogP contribution in [-0.4, -0.2) is 36.5 Å². The summed E-state index contributed by atoms with van der Waals surface area (Å²) in [6, 6.07) is -0.233. The largest absolute Gasteiger partial charge is 0.457 e. The Bertz CT molecular complexity index is 339. The third-order valence-corrected chi connectivity index (χ3v) is 5.92. The number of aliphatic imine (C=N–C) groups is 1. The Morgan fingerprint density at radius 1 is 1.67 bits per heavy atom. The maximum absolute atomic E-state index is 11.2. The van der Waals surface area contributed by atoms with E-state index >= 15 is 0 Å². The summed E-state index contributed by atoms with van der Waals surface area (Å²) in [5.41, 5.74) is 5.29. The second kappa shape index (κ2) is 2.35. The first-order valence-electron chi connectivity index (χ1n) is 3.36. The fraction of sp³-hybridized carbons (Fsp3) is 0.800. The first-order valence-corrected chi connectivity index (χ1v) is 5.99. The maximum Gasteiger partial charge on any atom is 0.282 e. The highest BCUT2D eigenvalue weighted by molar-refractivity contribution is 9.11. The molecule has 0 unspecified atom stereocenters. The summed E-state index contributed by atoms with van der Waals surface area (Å²) in [5.74, 6) is 0.0221. The molecule has 0 spiro atoms. The smallest absolute Gasteiger partial charge is 0.282 e. The van der Waals surface area contributed by atoms with Gasteiger partial charge in [0.25, 0.3) is 6.02 Å². The third-order valence-electron chi connectivity index (χ3n) is 1.93. The minimum atomic E-state index is -3.08. The highest BCUT2D eigenvalue weighted by atomic mass is 79.9. The lowest BCUT2D eigenvalue weighted by atomic mass is 10.2. The minimum Gasteiger partial charge on any atom is -0.457 e. The molecule has 0 aliphatic carbocycles. The van der Waals surface area contributed by atoms with E-state index in [1.54, 1.807) is 0 Å². The molecule has 0 aromatic rings. The molecule has 1 fully saturated rings. The molecule has 68 valence electrons. The summed E-state index contributed by atoms with van der Waals surface area (Å²) >= 11 is 3.05. The molecule has 3 atom stereocenters. The van der Waals surface area contributed by atoms with Crippen LogP contribution in [0, 0.1) is 0 Å². The Balaban J connectivity index is 2.33. The van der Waals surface area contributed by atoms with Crippen molar-refractivity contribution >= 4 is 31.8 Å². The molecule has 0 saturated carbocycles. The Kier molecular flexibility index (Phi) is 1.63. The van der Waals surface area contributed by atoms with E-state index in [4.69, 9.17) is 10.5 Å². The first kappa shape index (κ1) is 8.31. The molecule has 0 aromatic carbocycles. The topological polar surface area (TPSA) is 81.8 Å². The Hall–Kier alpha value is -0.300. The zero-order valence-corrected chi connectivity index (χ0v) is 8.38. The van der Waals surface area contributed by atoms with Crippen molar-refractivity contribution in [3.63, 3.8) is 0 Å². The summed E-state index contributed by atoms with van der Waals surface area (Å²) in [4.78, 5) is 3.86. The fourth-order valence-electron chi connectivity index (χ4n) is 1.38. The van der Waals surface area contributed by atoms with Crippen LogP contribution in [0.25, 0.3) is 0 Å². The van der Waals surface area contributed by atoms with E-state index in [0.29, 0.717) is 0 Å². The molecule has 1 saturated heterocycles. The number of hydrogen-bond donors (Lipinski definition) is 1. The van der Waals surface area contributed by atoms with Crippen molar-refractivity contribution in [2.75, 3.05) is 5.75 Å². The van der Waals surface area contributed by atoms with Crippen molar-refractivity contribution in [2.24, 2.45) is 10.7 Å². The van der Waals surface area contributed by atoms with Crippen LogP contribution < -0.4 is 5.73 Å². The molecule has 2 N–H and O–H groups in total. The van der Waals surface area contributed by atoms with Crippen molar-refractivity contribution in [3.8, 4) is 0 Å². The summed E-state index contributed by atoms with van der Waals surface area (Å²) in [6.07, 6.45) is -0.435. The number of nitrogens with two attached hydrogens (primary N) is 1. The Morgan fingerprint density at radius 2 is 2.33 bits per heavy atom. The molecule has 0 amide bonds. The van der Waals surface area contributed by atoms with E-state index in [1.807, 2.05) is 0 Å². The molecule has 0 aromatic heterocycles. The fourth-order valence-corrected chi connectivity index (χ4v) is 3.87. The number of sulfone groups is 1. The zero-order chi connectivity index (χ0) is 8.93. The highest BCUT2D eigenvalue weighted by Crippen LogP contribution is 2.33. The predicted molar refractivity (Wildman–Crippen MR) is 46.8 cm³/mol. The lowest BCUT2D eigenvalue weighted by Gasteiger charge is -2.09. The van der Waals surface area contributed by atoms with Gasteiger partial charge in [-0.3, -0.25) is 0 Å². The van der Waals surface area contributed by atoms with Gasteiger partial charge in [0, 0.05) is 0 Å². The van der Waals surface area contributed by atoms with E-state index in [0.717, 1.165) is 0 Å². The number of nitrogens with zero attached hydrogens (tertiary/aromatic N) is 1. The van der Waals surface area contributed by atoms with Crippen LogP contribution in [0.5, 0.6) is 0 Å². The van der Waals surface area contributed by atoms with Gasteiger partial charge in [0.2, 0.25) is 0 Å². The van der Waals surface area contributed by atoms with Crippen LogP contribution >= 0.6 is 15.9 Å². The second-order valence-electron chi connectivity index (χ2n) is 2.80. The normalized spacial score (nSPS) is 43.4. The third kappa shape index (κ3) is 1.03. The molecular formula is C5H7BrN2O3S. The van der Waals surface area contributed by atoms with E-state index in [9.17, 15) is 8.42 Å². The van der Waals surface area contributed by atoms with Crippen LogP contribution in [0.3, 0.4) is 0 Å². The van der Waals surface area contributed by atoms with Crippen LogP contribution in [0.1, 0.15) is 0 Å². The lowest BCUT2D eigenvalue weighted by molar-refractivity contribution is 0.221. The molecule has 0 radical (unpaired) electrons. The van der Waals surface area contributed by atoms with Gasteiger partial charge in [-0.25, -0.2) is 13.4 Å². The first-order chi connectivity index (χ1) is 5.50. The van der Waals surface area contributed by atoms with Crippen molar-refractivity contribution in [1.82, 2.24) is 0 Å². The number of fused-ring (bicyclic) bond motifs is 1. The summed E-state index contributed by atoms with van der Waals surface area (Å²) < 4.78 is 26.9. The number of rotatable bonds is 0. The maximum atomic E-state index is 11.2. The highest BCUT2D eigenvalue weighted by Gasteiger charge is 2.50. The van der Waals surface area contributed by atoms with E-state index in [1.165, 1.54) is 0 Å². The number of ether oxygens (including phenoxy) is 1. The van der Waals surface area contributed by atoms with Gasteiger partial charge in [0.15, 0.2) is 20.1 Å². The van der Waals surface area contributed by atoms with Crippen LogP contribution in [0.15, 0.2) is 4.99 Å². The van der Waals surface area contributed by atoms with Gasteiger partial charge < -0.3 is 10.5 Å². The molecular weight excluding hydrogens is 248 g/mol. The summed E-state index contributed by atoms with van der Waals surface area (Å²) in [7, 11) is -3.08. The molecule has 2 rings (SSSR count). The molecule has 2 aliphatic rings. The van der Waals surface area contributed by atoms with Crippen LogP contribution in [0.2, 0.25) is 0 Å². The Labute approximate surface area is 78.0 Å². The molecule has 0 bridgehead atoms. The van der Waals surface area contributed by atoms with Crippen molar-refractivity contribution in [2.45, 2.75) is 16.3 Å². The van der Waals surface area contributed by atoms with Gasteiger partial charge in [-0.1, -0.05) is 15.9 Å². The molecule has 7 heteroatoms. The SMILES string of the molecule is NC1=N[C@@H]2CS(=O)(=O)[C@@H](Br)[C@H]2O1. The Morgan fingerprint density at radius 3 is 2.92 bits per heavy atom. The number of hydrogen-bond acceptors (Lipinski definition) is 5.